The molecule has 2 unspecified atom stereocenters. The maximum Gasteiger partial charge on any atom is 0.0838 e. The van der Waals surface area contributed by atoms with E-state index in [0.717, 1.165) is 32.9 Å². The van der Waals surface area contributed by atoms with Crippen molar-refractivity contribution in [1.82, 2.24) is 5.32 Å². The molecule has 2 aliphatic rings. The molecule has 1 radical (unpaired) electrons. The molecule has 2 rings (SSSR count). The van der Waals surface area contributed by atoms with Crippen LogP contribution in [0.2, 0.25) is 0 Å². The van der Waals surface area contributed by atoms with E-state index < -0.39 is 0 Å². The van der Waals surface area contributed by atoms with E-state index in [2.05, 4.69) is 5.32 Å². The molecule has 2 atom stereocenters. The second-order valence-corrected chi connectivity index (χ2v) is 3.85. The van der Waals surface area contributed by atoms with Crippen molar-refractivity contribution in [1.29, 1.82) is 0 Å². The Morgan fingerprint density at radius 1 is 1.08 bits per heavy atom. The van der Waals surface area contributed by atoms with Crippen molar-refractivity contribution in [2.24, 2.45) is 5.92 Å². The molecule has 0 saturated carbocycles. The summed E-state index contributed by atoms with van der Waals surface area (Å²) in [5.41, 5.74) is 0. The molecule has 2 heterocycles. The highest BCUT2D eigenvalue weighted by atomic mass is 16.6. The SMILES string of the molecule is C1C[N]CCC(C2COCCO2)C1. The van der Waals surface area contributed by atoms with E-state index in [1.165, 1.54) is 19.3 Å². The third kappa shape index (κ3) is 2.66. The Kier molecular flexibility index (Phi) is 3.58. The average Bonchev–Trinajstić information content (AvgIpc) is 2.47. The zero-order valence-electron chi connectivity index (χ0n) is 8.08. The van der Waals surface area contributed by atoms with Crippen molar-refractivity contribution in [2.75, 3.05) is 32.9 Å². The van der Waals surface area contributed by atoms with Crippen LogP contribution in [-0.2, 0) is 9.47 Å². The lowest BCUT2D eigenvalue weighted by atomic mass is 9.94. The summed E-state index contributed by atoms with van der Waals surface area (Å²) in [7, 11) is 0. The average molecular weight is 184 g/mol. The van der Waals surface area contributed by atoms with Crippen molar-refractivity contribution < 1.29 is 9.47 Å². The third-order valence-electron chi connectivity index (χ3n) is 2.92. The zero-order valence-corrected chi connectivity index (χ0v) is 8.08. The zero-order chi connectivity index (χ0) is 8.93. The summed E-state index contributed by atoms with van der Waals surface area (Å²) in [5.74, 6) is 0.687. The number of nitrogens with zero attached hydrogens (tertiary/aromatic N) is 1. The molecule has 13 heavy (non-hydrogen) atoms. The molecule has 2 fully saturated rings. The van der Waals surface area contributed by atoms with Crippen LogP contribution in [0.4, 0.5) is 0 Å². The van der Waals surface area contributed by atoms with Gasteiger partial charge in [-0.3, -0.25) is 0 Å². The summed E-state index contributed by atoms with van der Waals surface area (Å²) in [4.78, 5) is 0. The normalized spacial score (nSPS) is 36.9. The lowest BCUT2D eigenvalue weighted by Crippen LogP contribution is -2.35. The van der Waals surface area contributed by atoms with Gasteiger partial charge in [0.1, 0.15) is 0 Å². The monoisotopic (exact) mass is 184 g/mol. The Morgan fingerprint density at radius 2 is 2.08 bits per heavy atom. The molecule has 0 bridgehead atoms. The lowest BCUT2D eigenvalue weighted by molar-refractivity contribution is -0.112. The Bertz CT molecular complexity index is 138. The van der Waals surface area contributed by atoms with E-state index in [1.807, 2.05) is 0 Å². The Morgan fingerprint density at radius 3 is 2.92 bits per heavy atom. The second kappa shape index (κ2) is 4.94. The van der Waals surface area contributed by atoms with Crippen LogP contribution in [0.15, 0.2) is 0 Å². The minimum absolute atomic E-state index is 0.349. The van der Waals surface area contributed by atoms with Gasteiger partial charge in [-0.1, -0.05) is 0 Å². The number of rotatable bonds is 1. The molecule has 2 aliphatic heterocycles. The number of hydrogen-bond donors (Lipinski definition) is 0. The van der Waals surface area contributed by atoms with Crippen LogP contribution in [0.25, 0.3) is 0 Å². The van der Waals surface area contributed by atoms with E-state index in [-0.39, 0.29) is 0 Å². The van der Waals surface area contributed by atoms with Crippen LogP contribution >= 0.6 is 0 Å². The van der Waals surface area contributed by atoms with Gasteiger partial charge in [-0.05, 0) is 25.2 Å². The predicted molar refractivity (Wildman–Crippen MR) is 49.8 cm³/mol. The fourth-order valence-electron chi connectivity index (χ4n) is 2.13. The van der Waals surface area contributed by atoms with Gasteiger partial charge in [0, 0.05) is 13.1 Å². The van der Waals surface area contributed by atoms with Crippen LogP contribution in [-0.4, -0.2) is 39.0 Å². The molecule has 0 aromatic carbocycles. The number of hydrogen-bond acceptors (Lipinski definition) is 2. The molecular formula is C10H18NO2. The van der Waals surface area contributed by atoms with Gasteiger partial charge in [-0.15, -0.1) is 0 Å². The third-order valence-corrected chi connectivity index (χ3v) is 2.92. The topological polar surface area (TPSA) is 32.6 Å². The first-order valence-corrected chi connectivity index (χ1v) is 5.29. The lowest BCUT2D eigenvalue weighted by Gasteiger charge is -2.29. The molecule has 75 valence electrons. The van der Waals surface area contributed by atoms with Crippen LogP contribution in [0.3, 0.4) is 0 Å². The van der Waals surface area contributed by atoms with Gasteiger partial charge < -0.3 is 9.47 Å². The van der Waals surface area contributed by atoms with Gasteiger partial charge in [0.25, 0.3) is 0 Å². The largest absolute Gasteiger partial charge is 0.376 e. The van der Waals surface area contributed by atoms with Gasteiger partial charge in [0.05, 0.1) is 25.9 Å². The summed E-state index contributed by atoms with van der Waals surface area (Å²) in [6, 6.07) is 0. The predicted octanol–water partition coefficient (Wildman–Crippen LogP) is 0.806. The maximum atomic E-state index is 5.71. The van der Waals surface area contributed by atoms with Crippen LogP contribution in [0.1, 0.15) is 19.3 Å². The highest BCUT2D eigenvalue weighted by Gasteiger charge is 2.25. The summed E-state index contributed by atoms with van der Waals surface area (Å²) < 4.78 is 11.1. The van der Waals surface area contributed by atoms with E-state index in [9.17, 15) is 0 Å². The minimum atomic E-state index is 0.349. The molecule has 0 amide bonds. The van der Waals surface area contributed by atoms with Crippen molar-refractivity contribution in [2.45, 2.75) is 25.4 Å². The van der Waals surface area contributed by atoms with Crippen molar-refractivity contribution in [3.63, 3.8) is 0 Å². The first-order chi connectivity index (χ1) is 6.47. The van der Waals surface area contributed by atoms with Gasteiger partial charge in [-0.2, -0.15) is 0 Å². The summed E-state index contributed by atoms with van der Waals surface area (Å²) in [6.07, 6.45) is 4.03. The van der Waals surface area contributed by atoms with Crippen molar-refractivity contribution in [3.8, 4) is 0 Å². The minimum Gasteiger partial charge on any atom is -0.376 e. The van der Waals surface area contributed by atoms with E-state index in [0.29, 0.717) is 12.0 Å². The molecular weight excluding hydrogens is 166 g/mol. The fourth-order valence-corrected chi connectivity index (χ4v) is 2.13. The molecule has 2 saturated heterocycles. The number of ether oxygens (including phenoxy) is 2. The van der Waals surface area contributed by atoms with E-state index >= 15 is 0 Å². The Balaban J connectivity index is 1.82. The van der Waals surface area contributed by atoms with Crippen molar-refractivity contribution >= 4 is 0 Å². The highest BCUT2D eigenvalue weighted by molar-refractivity contribution is 4.75. The van der Waals surface area contributed by atoms with Crippen LogP contribution in [0, 0.1) is 5.92 Å². The molecule has 0 spiro atoms. The van der Waals surface area contributed by atoms with Crippen molar-refractivity contribution in [3.05, 3.63) is 0 Å². The second-order valence-electron chi connectivity index (χ2n) is 3.85. The Labute approximate surface area is 79.8 Å². The first-order valence-electron chi connectivity index (χ1n) is 5.29. The standard InChI is InChI=1S/C10H18NO2/c1-2-9(3-5-11-4-1)10-8-12-6-7-13-10/h9-10H,1-8H2. The Hall–Kier alpha value is -0.120. The summed E-state index contributed by atoms with van der Waals surface area (Å²) >= 11 is 0. The summed E-state index contributed by atoms with van der Waals surface area (Å²) in [5, 5.41) is 4.42. The smallest absolute Gasteiger partial charge is 0.0838 e. The quantitative estimate of drug-likeness (QED) is 0.604. The fraction of sp³-hybridized carbons (Fsp3) is 1.00. The molecule has 0 aromatic heterocycles. The first kappa shape index (κ1) is 9.44. The van der Waals surface area contributed by atoms with E-state index in [4.69, 9.17) is 9.47 Å². The van der Waals surface area contributed by atoms with Gasteiger partial charge in [0.2, 0.25) is 0 Å². The van der Waals surface area contributed by atoms with Gasteiger partial charge in [-0.25, -0.2) is 5.32 Å². The molecule has 0 aliphatic carbocycles. The van der Waals surface area contributed by atoms with E-state index in [1.54, 1.807) is 0 Å². The molecule has 0 aromatic rings. The maximum absolute atomic E-state index is 5.71. The van der Waals surface area contributed by atoms with Crippen LogP contribution < -0.4 is 5.32 Å². The summed E-state index contributed by atoms with van der Waals surface area (Å²) in [6.45, 7) is 4.41. The van der Waals surface area contributed by atoms with Gasteiger partial charge in [0.15, 0.2) is 0 Å². The van der Waals surface area contributed by atoms with Crippen LogP contribution in [0.5, 0.6) is 0 Å². The molecule has 3 nitrogen and oxygen atoms in total. The molecule has 3 heteroatoms. The van der Waals surface area contributed by atoms with Gasteiger partial charge >= 0.3 is 0 Å². The molecule has 0 N–H and O–H groups in total. The highest BCUT2D eigenvalue weighted by Crippen LogP contribution is 2.22.